The Kier molecular flexibility index (Phi) is 4.95. The molecule has 0 bridgehead atoms. The summed E-state index contributed by atoms with van der Waals surface area (Å²) >= 11 is 2.11. The number of hydrogen-bond donors (Lipinski definition) is 1. The summed E-state index contributed by atoms with van der Waals surface area (Å²) in [5, 5.41) is 4.24. The molecule has 1 saturated heterocycles. The SMILES string of the molecule is CNC(Cc1cc(C)ccc1OC)C1CCCS1. The molecule has 3 heteroatoms. The quantitative estimate of drug-likeness (QED) is 0.884. The maximum absolute atomic E-state index is 5.47. The highest BCUT2D eigenvalue weighted by atomic mass is 32.2. The standard InChI is InChI=1S/C15H23NOS/c1-11-6-7-14(17-3)12(9-11)10-13(16-2)15-5-4-8-18-15/h6-7,9,13,15-16H,4-5,8,10H2,1-3H3. The van der Waals surface area contributed by atoms with Crippen LogP contribution >= 0.6 is 11.8 Å². The van der Waals surface area contributed by atoms with Crippen LogP contribution in [0.4, 0.5) is 0 Å². The minimum absolute atomic E-state index is 0.549. The summed E-state index contributed by atoms with van der Waals surface area (Å²) in [5.74, 6) is 2.33. The first-order chi connectivity index (χ1) is 8.74. The van der Waals surface area contributed by atoms with Crippen LogP contribution in [-0.2, 0) is 6.42 Å². The number of nitrogens with one attached hydrogen (secondary N) is 1. The summed E-state index contributed by atoms with van der Waals surface area (Å²) in [6, 6.07) is 7.00. The minimum atomic E-state index is 0.549. The van der Waals surface area contributed by atoms with Gasteiger partial charge in [-0.3, -0.25) is 0 Å². The Hall–Kier alpha value is -0.670. The maximum Gasteiger partial charge on any atom is 0.122 e. The molecule has 1 aromatic rings. The number of ether oxygens (including phenoxy) is 1. The zero-order valence-corrected chi connectivity index (χ0v) is 12.3. The highest BCUT2D eigenvalue weighted by Gasteiger charge is 2.25. The van der Waals surface area contributed by atoms with E-state index in [9.17, 15) is 0 Å². The number of rotatable bonds is 5. The first kappa shape index (κ1) is 13.8. The Morgan fingerprint density at radius 2 is 2.33 bits per heavy atom. The number of aryl methyl sites for hydroxylation is 1. The van der Waals surface area contributed by atoms with Gasteiger partial charge in [0.1, 0.15) is 5.75 Å². The fourth-order valence-electron chi connectivity index (χ4n) is 2.64. The molecule has 1 heterocycles. The van der Waals surface area contributed by atoms with Crippen molar-refractivity contribution < 1.29 is 4.74 Å². The average molecular weight is 265 g/mol. The summed E-state index contributed by atoms with van der Waals surface area (Å²) < 4.78 is 5.47. The van der Waals surface area contributed by atoms with E-state index in [1.54, 1.807) is 7.11 Å². The number of likely N-dealkylation sites (N-methyl/N-ethyl adjacent to an activating group) is 1. The largest absolute Gasteiger partial charge is 0.496 e. The van der Waals surface area contributed by atoms with Crippen LogP contribution in [0.2, 0.25) is 0 Å². The fraction of sp³-hybridized carbons (Fsp3) is 0.600. The summed E-state index contributed by atoms with van der Waals surface area (Å²) in [7, 11) is 3.83. The van der Waals surface area contributed by atoms with Crippen molar-refractivity contribution in [1.82, 2.24) is 5.32 Å². The third kappa shape index (κ3) is 3.21. The number of benzene rings is 1. The zero-order chi connectivity index (χ0) is 13.0. The number of hydrogen-bond acceptors (Lipinski definition) is 3. The van der Waals surface area contributed by atoms with Crippen molar-refractivity contribution in [2.75, 3.05) is 19.9 Å². The summed E-state index contributed by atoms with van der Waals surface area (Å²) in [6.45, 7) is 2.14. The van der Waals surface area contributed by atoms with Gasteiger partial charge < -0.3 is 10.1 Å². The van der Waals surface area contributed by atoms with Gasteiger partial charge in [-0.1, -0.05) is 17.7 Å². The third-order valence-electron chi connectivity index (χ3n) is 3.66. The molecule has 0 aliphatic carbocycles. The molecule has 2 atom stereocenters. The van der Waals surface area contributed by atoms with E-state index in [1.165, 1.54) is 29.7 Å². The molecular formula is C15H23NOS. The monoisotopic (exact) mass is 265 g/mol. The number of methoxy groups -OCH3 is 1. The smallest absolute Gasteiger partial charge is 0.122 e. The van der Waals surface area contributed by atoms with Crippen molar-refractivity contribution in [3.8, 4) is 5.75 Å². The van der Waals surface area contributed by atoms with E-state index in [4.69, 9.17) is 4.74 Å². The van der Waals surface area contributed by atoms with Crippen LogP contribution in [0.15, 0.2) is 18.2 Å². The predicted molar refractivity (Wildman–Crippen MR) is 79.8 cm³/mol. The predicted octanol–water partition coefficient (Wildman–Crippen LogP) is 3.03. The molecule has 100 valence electrons. The topological polar surface area (TPSA) is 21.3 Å². The van der Waals surface area contributed by atoms with Crippen molar-refractivity contribution in [1.29, 1.82) is 0 Å². The van der Waals surface area contributed by atoms with Gasteiger partial charge in [0.15, 0.2) is 0 Å². The summed E-state index contributed by atoms with van der Waals surface area (Å²) in [6.07, 6.45) is 3.75. The van der Waals surface area contributed by atoms with Crippen LogP contribution in [0.3, 0.4) is 0 Å². The molecule has 1 aliphatic heterocycles. The molecule has 2 unspecified atom stereocenters. The van der Waals surface area contributed by atoms with Gasteiger partial charge in [-0.25, -0.2) is 0 Å². The van der Waals surface area contributed by atoms with E-state index < -0.39 is 0 Å². The van der Waals surface area contributed by atoms with Crippen LogP contribution in [0.1, 0.15) is 24.0 Å². The Morgan fingerprint density at radius 3 is 2.94 bits per heavy atom. The normalized spacial score (nSPS) is 20.9. The second-order valence-corrected chi connectivity index (χ2v) is 6.31. The molecule has 1 aromatic carbocycles. The van der Waals surface area contributed by atoms with E-state index in [2.05, 4.69) is 49.2 Å². The van der Waals surface area contributed by atoms with Gasteiger partial charge in [-0.2, -0.15) is 11.8 Å². The molecule has 0 amide bonds. The van der Waals surface area contributed by atoms with Crippen LogP contribution < -0.4 is 10.1 Å². The van der Waals surface area contributed by atoms with Gasteiger partial charge in [0.25, 0.3) is 0 Å². The molecule has 2 rings (SSSR count). The molecule has 0 aromatic heterocycles. The molecule has 2 nitrogen and oxygen atoms in total. The fourth-order valence-corrected chi connectivity index (χ4v) is 4.08. The average Bonchev–Trinajstić information content (AvgIpc) is 2.90. The highest BCUT2D eigenvalue weighted by Crippen LogP contribution is 2.31. The minimum Gasteiger partial charge on any atom is -0.496 e. The van der Waals surface area contributed by atoms with Gasteiger partial charge in [-0.15, -0.1) is 0 Å². The van der Waals surface area contributed by atoms with Gasteiger partial charge in [0.2, 0.25) is 0 Å². The second kappa shape index (κ2) is 6.48. The van der Waals surface area contributed by atoms with Crippen molar-refractivity contribution >= 4 is 11.8 Å². The zero-order valence-electron chi connectivity index (χ0n) is 11.5. The molecule has 18 heavy (non-hydrogen) atoms. The van der Waals surface area contributed by atoms with Gasteiger partial charge in [0, 0.05) is 11.3 Å². The van der Waals surface area contributed by atoms with Gasteiger partial charge in [0.05, 0.1) is 7.11 Å². The van der Waals surface area contributed by atoms with E-state index in [1.807, 2.05) is 0 Å². The second-order valence-electron chi connectivity index (χ2n) is 4.97. The van der Waals surface area contributed by atoms with E-state index in [-0.39, 0.29) is 0 Å². The van der Waals surface area contributed by atoms with Crippen molar-refractivity contribution in [3.05, 3.63) is 29.3 Å². The number of thioether (sulfide) groups is 1. The molecule has 1 fully saturated rings. The lowest BCUT2D eigenvalue weighted by atomic mass is 9.99. The first-order valence-electron chi connectivity index (χ1n) is 6.67. The lowest BCUT2D eigenvalue weighted by molar-refractivity contribution is 0.405. The van der Waals surface area contributed by atoms with Crippen molar-refractivity contribution in [2.45, 2.75) is 37.5 Å². The summed E-state index contributed by atoms with van der Waals surface area (Å²) in [4.78, 5) is 0. The molecular weight excluding hydrogens is 242 g/mol. The van der Waals surface area contributed by atoms with E-state index in [0.29, 0.717) is 6.04 Å². The van der Waals surface area contributed by atoms with E-state index >= 15 is 0 Å². The Balaban J connectivity index is 2.12. The molecule has 1 N–H and O–H groups in total. The Morgan fingerprint density at radius 1 is 1.50 bits per heavy atom. The van der Waals surface area contributed by atoms with Crippen LogP contribution in [0.25, 0.3) is 0 Å². The molecule has 1 aliphatic rings. The van der Waals surface area contributed by atoms with E-state index in [0.717, 1.165) is 17.4 Å². The Bertz CT molecular complexity index is 388. The third-order valence-corrected chi connectivity index (χ3v) is 5.18. The van der Waals surface area contributed by atoms with Crippen LogP contribution in [-0.4, -0.2) is 31.2 Å². The first-order valence-corrected chi connectivity index (χ1v) is 7.72. The van der Waals surface area contributed by atoms with Gasteiger partial charge >= 0.3 is 0 Å². The molecule has 0 spiro atoms. The lowest BCUT2D eigenvalue weighted by Gasteiger charge is -2.23. The van der Waals surface area contributed by atoms with Crippen LogP contribution in [0.5, 0.6) is 5.75 Å². The maximum atomic E-state index is 5.47. The van der Waals surface area contributed by atoms with Gasteiger partial charge in [-0.05, 0) is 50.6 Å². The van der Waals surface area contributed by atoms with Crippen molar-refractivity contribution in [2.24, 2.45) is 0 Å². The molecule has 0 saturated carbocycles. The lowest BCUT2D eigenvalue weighted by Crippen LogP contribution is -2.36. The highest BCUT2D eigenvalue weighted by molar-refractivity contribution is 8.00. The van der Waals surface area contributed by atoms with Crippen molar-refractivity contribution in [3.63, 3.8) is 0 Å². The Labute approximate surface area is 114 Å². The molecule has 0 radical (unpaired) electrons. The van der Waals surface area contributed by atoms with Crippen LogP contribution in [0, 0.1) is 6.92 Å². The summed E-state index contributed by atoms with van der Waals surface area (Å²) in [5.41, 5.74) is 2.63.